The third kappa shape index (κ3) is 4.89. The summed E-state index contributed by atoms with van der Waals surface area (Å²) in [6.45, 7) is 2.03. The minimum absolute atomic E-state index is 0.0585. The lowest BCUT2D eigenvalue weighted by Gasteiger charge is -2.17. The largest absolute Gasteiger partial charge is 0.507 e. The average Bonchev–Trinajstić information content (AvgIpc) is 3.46. The lowest BCUT2D eigenvalue weighted by Crippen LogP contribution is -2.17. The summed E-state index contributed by atoms with van der Waals surface area (Å²) in [5.74, 6) is -1.44. The highest BCUT2D eigenvalue weighted by molar-refractivity contribution is 6.32. The van der Waals surface area contributed by atoms with E-state index in [0.717, 1.165) is 12.1 Å². The molecule has 4 aromatic rings. The Morgan fingerprint density at radius 1 is 1.19 bits per heavy atom. The van der Waals surface area contributed by atoms with Gasteiger partial charge in [-0.1, -0.05) is 17.7 Å². The van der Waals surface area contributed by atoms with Gasteiger partial charge in [-0.2, -0.15) is 28.6 Å². The fourth-order valence-electron chi connectivity index (χ4n) is 3.71. The molecule has 2 heterocycles. The molecule has 0 spiro atoms. The number of nitrogens with zero attached hydrogens (tertiary/aromatic N) is 5. The molecule has 2 aromatic heterocycles. The van der Waals surface area contributed by atoms with Crippen molar-refractivity contribution in [2.75, 3.05) is 0 Å². The Morgan fingerprint density at radius 3 is 2.56 bits per heavy atom. The molecule has 2 aromatic carbocycles. The van der Waals surface area contributed by atoms with Crippen molar-refractivity contribution in [1.82, 2.24) is 19.6 Å². The van der Waals surface area contributed by atoms with E-state index in [2.05, 4.69) is 10.2 Å². The van der Waals surface area contributed by atoms with Crippen LogP contribution in [0.5, 0.6) is 5.75 Å². The minimum Gasteiger partial charge on any atom is -0.507 e. The molecule has 0 unspecified atom stereocenters. The maximum atomic E-state index is 13.0. The number of hydrogen-bond donors (Lipinski definition) is 2. The van der Waals surface area contributed by atoms with E-state index >= 15 is 0 Å². The van der Waals surface area contributed by atoms with E-state index in [0.29, 0.717) is 27.9 Å². The Hall–Kier alpha value is -4.30. The molecule has 12 heteroatoms. The van der Waals surface area contributed by atoms with E-state index < -0.39 is 29.4 Å². The smallest absolute Gasteiger partial charge is 0.416 e. The number of nitriles is 1. The van der Waals surface area contributed by atoms with Crippen molar-refractivity contribution in [3.63, 3.8) is 0 Å². The van der Waals surface area contributed by atoms with Gasteiger partial charge >= 0.3 is 6.18 Å². The number of hydrogen-bond acceptors (Lipinski definition) is 5. The van der Waals surface area contributed by atoms with Crippen LogP contribution in [0, 0.1) is 11.3 Å². The molecular weight excluding hydrogens is 497 g/mol. The molecule has 0 saturated carbocycles. The van der Waals surface area contributed by atoms with E-state index in [9.17, 15) is 23.1 Å². The van der Waals surface area contributed by atoms with Crippen LogP contribution in [-0.4, -0.2) is 30.6 Å². The van der Waals surface area contributed by atoms with E-state index in [1.807, 2.05) is 6.07 Å². The second-order valence-electron chi connectivity index (χ2n) is 8.03. The first-order valence-electron chi connectivity index (χ1n) is 10.5. The van der Waals surface area contributed by atoms with Gasteiger partial charge in [0.2, 0.25) is 0 Å². The molecule has 1 atom stereocenters. The summed E-state index contributed by atoms with van der Waals surface area (Å²) < 4.78 is 42.1. The van der Waals surface area contributed by atoms with Crippen LogP contribution in [0.15, 0.2) is 54.7 Å². The van der Waals surface area contributed by atoms with Crippen molar-refractivity contribution in [3.05, 3.63) is 76.6 Å². The Labute approximate surface area is 207 Å². The van der Waals surface area contributed by atoms with Gasteiger partial charge < -0.3 is 10.8 Å². The fraction of sp³-hybridized carbons (Fsp3) is 0.167. The molecule has 0 aliphatic rings. The van der Waals surface area contributed by atoms with Crippen LogP contribution in [-0.2, 0) is 12.7 Å². The highest BCUT2D eigenvalue weighted by Gasteiger charge is 2.31. The Kier molecular flexibility index (Phi) is 6.47. The van der Waals surface area contributed by atoms with Crippen molar-refractivity contribution >= 4 is 17.5 Å². The summed E-state index contributed by atoms with van der Waals surface area (Å²) in [6, 6.07) is 12.1. The van der Waals surface area contributed by atoms with Crippen molar-refractivity contribution in [1.29, 1.82) is 5.26 Å². The van der Waals surface area contributed by atoms with Gasteiger partial charge in [-0.25, -0.2) is 0 Å². The number of primary amides is 1. The number of nitrogens with two attached hydrogens (primary N) is 1. The van der Waals surface area contributed by atoms with Gasteiger partial charge in [-0.05, 0) is 49.4 Å². The van der Waals surface area contributed by atoms with Crippen molar-refractivity contribution in [3.8, 4) is 34.3 Å². The first-order chi connectivity index (χ1) is 17.0. The van der Waals surface area contributed by atoms with E-state index in [4.69, 9.17) is 22.6 Å². The zero-order valence-corrected chi connectivity index (χ0v) is 19.4. The maximum Gasteiger partial charge on any atom is 0.416 e. The van der Waals surface area contributed by atoms with Gasteiger partial charge in [0, 0.05) is 17.3 Å². The van der Waals surface area contributed by atoms with E-state index in [-0.39, 0.29) is 23.5 Å². The van der Waals surface area contributed by atoms with Gasteiger partial charge in [-0.15, -0.1) is 0 Å². The SMILES string of the molecule is C[C@@H](Cn1ccc(-c2ccc(C#N)c(Cl)c2)n1)n1nc(C(N)=O)cc1-c1ccc(C(F)(F)F)cc1O. The van der Waals surface area contributed by atoms with Crippen molar-refractivity contribution < 1.29 is 23.1 Å². The number of benzene rings is 2. The summed E-state index contributed by atoms with van der Waals surface area (Å²) in [5.41, 5.74) is 6.18. The summed E-state index contributed by atoms with van der Waals surface area (Å²) in [7, 11) is 0. The summed E-state index contributed by atoms with van der Waals surface area (Å²) in [6.07, 6.45) is -2.91. The van der Waals surface area contributed by atoms with Crippen LogP contribution < -0.4 is 5.73 Å². The molecule has 0 aliphatic heterocycles. The van der Waals surface area contributed by atoms with Crippen LogP contribution in [0.2, 0.25) is 5.02 Å². The van der Waals surface area contributed by atoms with Crippen LogP contribution in [0.4, 0.5) is 13.2 Å². The highest BCUT2D eigenvalue weighted by atomic mass is 35.5. The topological polar surface area (TPSA) is 123 Å². The number of aromatic hydroxyl groups is 1. The molecule has 8 nitrogen and oxygen atoms in total. The number of amides is 1. The molecule has 3 N–H and O–H groups in total. The van der Waals surface area contributed by atoms with Crippen LogP contribution in [0.25, 0.3) is 22.5 Å². The highest BCUT2D eigenvalue weighted by Crippen LogP contribution is 2.37. The first kappa shape index (κ1) is 24.8. The number of phenolic OH excluding ortho intramolecular Hbond substituents is 1. The molecule has 0 aliphatic carbocycles. The Morgan fingerprint density at radius 2 is 1.94 bits per heavy atom. The number of carbonyl (C=O) groups excluding carboxylic acids is 1. The van der Waals surface area contributed by atoms with Gasteiger partial charge in [0.05, 0.1) is 40.1 Å². The monoisotopic (exact) mass is 514 g/mol. The van der Waals surface area contributed by atoms with Gasteiger partial charge in [-0.3, -0.25) is 14.2 Å². The molecule has 0 fully saturated rings. The number of carbonyl (C=O) groups is 1. The maximum absolute atomic E-state index is 13.0. The zero-order chi connectivity index (χ0) is 26.2. The number of phenols is 1. The lowest BCUT2D eigenvalue weighted by molar-refractivity contribution is -0.137. The second kappa shape index (κ2) is 9.39. The molecule has 36 heavy (non-hydrogen) atoms. The summed E-state index contributed by atoms with van der Waals surface area (Å²) >= 11 is 6.11. The normalized spacial score (nSPS) is 12.3. The first-order valence-corrected chi connectivity index (χ1v) is 10.9. The predicted molar refractivity (Wildman–Crippen MR) is 125 cm³/mol. The van der Waals surface area contributed by atoms with Crippen molar-refractivity contribution in [2.45, 2.75) is 25.7 Å². The second-order valence-corrected chi connectivity index (χ2v) is 8.44. The van der Waals surface area contributed by atoms with Gasteiger partial charge in [0.1, 0.15) is 11.8 Å². The average molecular weight is 515 g/mol. The molecule has 1 amide bonds. The van der Waals surface area contributed by atoms with E-state index in [1.165, 1.54) is 10.7 Å². The number of rotatable bonds is 6. The van der Waals surface area contributed by atoms with Crippen LogP contribution >= 0.6 is 11.6 Å². The summed E-state index contributed by atoms with van der Waals surface area (Å²) in [4.78, 5) is 11.8. The zero-order valence-electron chi connectivity index (χ0n) is 18.7. The predicted octanol–water partition coefficient (Wildman–Crippen LogP) is 5.02. The molecule has 0 saturated heterocycles. The van der Waals surface area contributed by atoms with Gasteiger partial charge in [0.25, 0.3) is 5.91 Å². The van der Waals surface area contributed by atoms with Crippen molar-refractivity contribution in [2.24, 2.45) is 5.73 Å². The van der Waals surface area contributed by atoms with Gasteiger partial charge in [0.15, 0.2) is 5.69 Å². The third-order valence-electron chi connectivity index (χ3n) is 5.48. The third-order valence-corrected chi connectivity index (χ3v) is 5.80. The molecule has 0 radical (unpaired) electrons. The Bertz CT molecular complexity index is 1500. The number of halogens is 4. The minimum atomic E-state index is -4.63. The standard InChI is InChI=1S/C24H18ClF3N6O2/c1-13(12-33-7-6-19(31-33)14-2-3-15(11-29)18(25)8-14)34-21(10-20(32-34)23(30)36)17-5-4-16(9-22(17)35)24(26,27)28/h2-10,13,35H,12H2,1H3,(H2,30,36)/t13-/m0/s1. The summed E-state index contributed by atoms with van der Waals surface area (Å²) in [5, 5.41) is 28.4. The van der Waals surface area contributed by atoms with Crippen LogP contribution in [0.3, 0.4) is 0 Å². The molecule has 184 valence electrons. The molecule has 4 rings (SSSR count). The quantitative estimate of drug-likeness (QED) is 0.374. The number of aromatic nitrogens is 4. The lowest BCUT2D eigenvalue weighted by atomic mass is 10.1. The fourth-order valence-corrected chi connectivity index (χ4v) is 3.93. The molecular formula is C24H18ClF3N6O2. The number of alkyl halides is 3. The molecule has 0 bridgehead atoms. The Balaban J connectivity index is 1.65. The van der Waals surface area contributed by atoms with Crippen LogP contribution in [0.1, 0.15) is 34.6 Å². The van der Waals surface area contributed by atoms with E-state index in [1.54, 1.807) is 42.1 Å².